The van der Waals surface area contributed by atoms with E-state index in [0.29, 0.717) is 33.9 Å². The first-order valence-corrected chi connectivity index (χ1v) is 8.02. The van der Waals surface area contributed by atoms with Crippen LogP contribution in [0.25, 0.3) is 5.69 Å². The smallest absolute Gasteiger partial charge is 0.287 e. The second-order valence-corrected chi connectivity index (χ2v) is 5.94. The molecule has 1 aliphatic heterocycles. The lowest BCUT2D eigenvalue weighted by atomic mass is 10.2. The van der Waals surface area contributed by atoms with Crippen LogP contribution in [-0.2, 0) is 0 Å². The standard InChI is InChI=1S/C14H12N6O3S/c1-8-15-16-14-19(8)17-11(7-24-14)12-13(21)23-18-20(12)9-3-5-10(22-2)6-4-9/h3-6H,7H2,1-2H3. The number of aryl methyl sites for hydroxylation is 1. The number of benzene rings is 1. The van der Waals surface area contributed by atoms with Crippen molar-refractivity contribution in [3.63, 3.8) is 0 Å². The van der Waals surface area contributed by atoms with Gasteiger partial charge in [0.1, 0.15) is 11.5 Å². The molecule has 0 saturated heterocycles. The van der Waals surface area contributed by atoms with Gasteiger partial charge in [-0.3, -0.25) is 0 Å². The van der Waals surface area contributed by atoms with E-state index in [2.05, 4.69) is 20.6 Å². The molecule has 0 aliphatic carbocycles. The molecule has 4 rings (SSSR count). The molecule has 3 aromatic rings. The van der Waals surface area contributed by atoms with Crippen LogP contribution in [0.15, 0.2) is 39.0 Å². The highest BCUT2D eigenvalue weighted by molar-refractivity contribution is 7.99. The quantitative estimate of drug-likeness (QED) is 0.629. The van der Waals surface area contributed by atoms with E-state index >= 15 is 0 Å². The van der Waals surface area contributed by atoms with E-state index in [4.69, 9.17) is 9.26 Å². The number of fused-ring (bicyclic) bond motifs is 1. The largest absolute Gasteiger partial charge is 0.539 e. The molecule has 0 unspecified atom stereocenters. The molecule has 24 heavy (non-hydrogen) atoms. The molecule has 10 heteroatoms. The molecule has 0 atom stereocenters. The lowest BCUT2D eigenvalue weighted by molar-refractivity contribution is -0.671. The average molecular weight is 344 g/mol. The number of thioether (sulfide) groups is 1. The summed E-state index contributed by atoms with van der Waals surface area (Å²) in [5, 5.41) is 29.2. The molecule has 9 nitrogen and oxygen atoms in total. The second kappa shape index (κ2) is 5.64. The summed E-state index contributed by atoms with van der Waals surface area (Å²) in [5.41, 5.74) is 1.51. The number of hydrogen-bond acceptors (Lipinski definition) is 8. The van der Waals surface area contributed by atoms with Gasteiger partial charge >= 0.3 is 0 Å². The first-order chi connectivity index (χ1) is 11.7. The summed E-state index contributed by atoms with van der Waals surface area (Å²) >= 11 is 1.45. The van der Waals surface area contributed by atoms with Crippen molar-refractivity contribution in [3.8, 4) is 17.4 Å². The first kappa shape index (κ1) is 14.7. The Morgan fingerprint density at radius 2 is 2.08 bits per heavy atom. The average Bonchev–Trinajstić information content (AvgIpc) is 3.18. The van der Waals surface area contributed by atoms with Crippen molar-refractivity contribution in [2.24, 2.45) is 5.10 Å². The van der Waals surface area contributed by atoms with Gasteiger partial charge in [0, 0.05) is 12.1 Å². The number of hydrogen-bond donors (Lipinski definition) is 0. The van der Waals surface area contributed by atoms with Crippen LogP contribution in [0.4, 0.5) is 0 Å². The van der Waals surface area contributed by atoms with Crippen molar-refractivity contribution >= 4 is 17.5 Å². The molecule has 0 amide bonds. The molecular formula is C14H12N6O3S. The highest BCUT2D eigenvalue weighted by atomic mass is 32.2. The fourth-order valence-electron chi connectivity index (χ4n) is 2.33. The zero-order valence-electron chi connectivity index (χ0n) is 12.8. The van der Waals surface area contributed by atoms with Gasteiger partial charge < -0.3 is 14.4 Å². The van der Waals surface area contributed by atoms with Crippen LogP contribution in [-0.4, -0.2) is 38.7 Å². The van der Waals surface area contributed by atoms with E-state index in [9.17, 15) is 5.11 Å². The Morgan fingerprint density at radius 1 is 1.29 bits per heavy atom. The van der Waals surface area contributed by atoms with Gasteiger partial charge in [-0.2, -0.15) is 9.78 Å². The van der Waals surface area contributed by atoms with Crippen molar-refractivity contribution in [2.75, 3.05) is 12.9 Å². The Morgan fingerprint density at radius 3 is 2.83 bits per heavy atom. The minimum absolute atomic E-state index is 0.284. The van der Waals surface area contributed by atoms with Gasteiger partial charge in [0.2, 0.25) is 10.8 Å². The maximum Gasteiger partial charge on any atom is 0.287 e. The highest BCUT2D eigenvalue weighted by Gasteiger charge is 2.29. The van der Waals surface area contributed by atoms with Gasteiger partial charge in [0.25, 0.3) is 5.69 Å². The number of nitrogens with zero attached hydrogens (tertiary/aromatic N) is 6. The molecule has 0 spiro atoms. The summed E-state index contributed by atoms with van der Waals surface area (Å²) in [6.45, 7) is 1.80. The summed E-state index contributed by atoms with van der Waals surface area (Å²) in [5.74, 6) is 1.29. The zero-order chi connectivity index (χ0) is 16.7. The molecule has 1 aromatic carbocycles. The van der Waals surface area contributed by atoms with Gasteiger partial charge in [0.15, 0.2) is 11.8 Å². The highest BCUT2D eigenvalue weighted by Crippen LogP contribution is 2.25. The van der Waals surface area contributed by atoms with E-state index < -0.39 is 5.95 Å². The van der Waals surface area contributed by atoms with Crippen LogP contribution in [0.3, 0.4) is 0 Å². The Hall–Kier alpha value is -2.88. The molecule has 2 aromatic heterocycles. The molecule has 1 aliphatic rings. The van der Waals surface area contributed by atoms with Crippen LogP contribution < -0.4 is 14.5 Å². The van der Waals surface area contributed by atoms with Crippen LogP contribution in [0.2, 0.25) is 0 Å². The maximum atomic E-state index is 12.2. The van der Waals surface area contributed by atoms with E-state index in [1.54, 1.807) is 43.0 Å². The number of rotatable bonds is 3. The fraction of sp³-hybridized carbons (Fsp3) is 0.214. The summed E-state index contributed by atoms with van der Waals surface area (Å²) < 4.78 is 13.0. The van der Waals surface area contributed by atoms with Gasteiger partial charge in [-0.25, -0.2) is 0 Å². The molecular weight excluding hydrogens is 332 g/mol. The van der Waals surface area contributed by atoms with Crippen molar-refractivity contribution in [3.05, 3.63) is 35.8 Å². The molecule has 0 bridgehead atoms. The molecule has 0 radical (unpaired) electrons. The summed E-state index contributed by atoms with van der Waals surface area (Å²) in [6, 6.07) is 7.14. The van der Waals surface area contributed by atoms with Crippen molar-refractivity contribution in [2.45, 2.75) is 12.1 Å². The SMILES string of the molecule is COc1ccc(-[n+]2noc([O-])c2C2=Nn3c(C)nnc3SC2)cc1. The third kappa shape index (κ3) is 2.31. The van der Waals surface area contributed by atoms with E-state index in [1.807, 2.05) is 0 Å². The summed E-state index contributed by atoms with van der Waals surface area (Å²) in [6.07, 6.45) is 0. The number of aromatic nitrogens is 5. The maximum absolute atomic E-state index is 12.2. The normalized spacial score (nSPS) is 13.5. The lowest BCUT2D eigenvalue weighted by Gasteiger charge is -2.10. The van der Waals surface area contributed by atoms with Gasteiger partial charge in [-0.1, -0.05) is 11.8 Å². The minimum atomic E-state index is -0.542. The molecule has 122 valence electrons. The van der Waals surface area contributed by atoms with Crippen molar-refractivity contribution in [1.82, 2.24) is 20.1 Å². The van der Waals surface area contributed by atoms with Gasteiger partial charge in [0.05, 0.1) is 18.1 Å². The van der Waals surface area contributed by atoms with Crippen LogP contribution in [0.1, 0.15) is 11.5 Å². The Labute approximate surface area is 140 Å². The third-order valence-corrected chi connectivity index (χ3v) is 4.46. The van der Waals surface area contributed by atoms with Crippen molar-refractivity contribution < 1.29 is 19.0 Å². The number of methoxy groups -OCH3 is 1. The van der Waals surface area contributed by atoms with E-state index in [1.165, 1.54) is 16.4 Å². The Bertz CT molecular complexity index is 931. The second-order valence-electron chi connectivity index (χ2n) is 5.00. The first-order valence-electron chi connectivity index (χ1n) is 7.04. The molecule has 0 saturated carbocycles. The van der Waals surface area contributed by atoms with E-state index in [-0.39, 0.29) is 5.69 Å². The van der Waals surface area contributed by atoms with Crippen LogP contribution in [0, 0.1) is 6.92 Å². The Kier molecular flexibility index (Phi) is 3.45. The summed E-state index contributed by atoms with van der Waals surface area (Å²) in [4.78, 5) is 0. The molecule has 0 fully saturated rings. The van der Waals surface area contributed by atoms with Crippen LogP contribution >= 0.6 is 11.8 Å². The van der Waals surface area contributed by atoms with Gasteiger partial charge in [-0.15, -0.1) is 10.2 Å². The zero-order valence-corrected chi connectivity index (χ0v) is 13.6. The topological polar surface area (TPSA) is 105 Å². The molecule has 0 N–H and O–H groups in total. The van der Waals surface area contributed by atoms with E-state index in [0.717, 1.165) is 0 Å². The number of ether oxygens (including phenoxy) is 1. The summed E-state index contributed by atoms with van der Waals surface area (Å²) in [7, 11) is 1.59. The fourth-order valence-corrected chi connectivity index (χ4v) is 3.18. The Balaban J connectivity index is 1.81. The van der Waals surface area contributed by atoms with Gasteiger partial charge in [-0.05, 0) is 23.7 Å². The van der Waals surface area contributed by atoms with Crippen molar-refractivity contribution in [1.29, 1.82) is 0 Å². The van der Waals surface area contributed by atoms with Crippen LogP contribution in [0.5, 0.6) is 11.7 Å². The predicted molar refractivity (Wildman–Crippen MR) is 81.5 cm³/mol. The third-order valence-electron chi connectivity index (χ3n) is 3.53. The monoisotopic (exact) mass is 344 g/mol. The minimum Gasteiger partial charge on any atom is -0.539 e. The predicted octanol–water partition coefficient (Wildman–Crippen LogP) is 0.292. The molecule has 3 heterocycles. The lowest BCUT2D eigenvalue weighted by Crippen LogP contribution is -2.40.